The maximum atomic E-state index is 13.1. The third kappa shape index (κ3) is 3.78. The van der Waals surface area contributed by atoms with Crippen molar-refractivity contribution in [2.75, 3.05) is 0 Å². The molecular formula is C15H14BrFO2. The SMILES string of the molecule is C[C@@H](O)c1cccc(OCc2ccc(F)c(Br)c2)c1. The highest BCUT2D eigenvalue weighted by molar-refractivity contribution is 9.10. The van der Waals surface area contributed by atoms with Gasteiger partial charge in [-0.2, -0.15) is 0 Å². The summed E-state index contributed by atoms with van der Waals surface area (Å²) in [6, 6.07) is 12.1. The van der Waals surface area contributed by atoms with Gasteiger partial charge in [0.1, 0.15) is 18.2 Å². The topological polar surface area (TPSA) is 29.5 Å². The summed E-state index contributed by atoms with van der Waals surface area (Å²) in [6.45, 7) is 2.05. The molecule has 0 aromatic heterocycles. The molecule has 100 valence electrons. The van der Waals surface area contributed by atoms with Gasteiger partial charge in [-0.1, -0.05) is 18.2 Å². The van der Waals surface area contributed by atoms with E-state index in [1.807, 2.05) is 18.2 Å². The quantitative estimate of drug-likeness (QED) is 0.912. The van der Waals surface area contributed by atoms with Crippen molar-refractivity contribution in [3.8, 4) is 5.75 Å². The maximum Gasteiger partial charge on any atom is 0.137 e. The molecule has 2 rings (SSSR count). The Morgan fingerprint density at radius 3 is 2.74 bits per heavy atom. The van der Waals surface area contributed by atoms with Crippen LogP contribution in [0.15, 0.2) is 46.9 Å². The fourth-order valence-electron chi connectivity index (χ4n) is 1.66. The Bertz CT molecular complexity index is 570. The Kier molecular flexibility index (Phi) is 4.56. The molecule has 0 fully saturated rings. The lowest BCUT2D eigenvalue weighted by Gasteiger charge is -2.10. The van der Waals surface area contributed by atoms with Gasteiger partial charge in [0, 0.05) is 0 Å². The maximum absolute atomic E-state index is 13.1. The van der Waals surface area contributed by atoms with Crippen LogP contribution in [-0.2, 0) is 6.61 Å². The van der Waals surface area contributed by atoms with E-state index in [0.29, 0.717) is 16.8 Å². The highest BCUT2D eigenvalue weighted by atomic mass is 79.9. The third-order valence-corrected chi connectivity index (χ3v) is 3.34. The molecule has 1 N–H and O–H groups in total. The van der Waals surface area contributed by atoms with Gasteiger partial charge in [0.25, 0.3) is 0 Å². The lowest BCUT2D eigenvalue weighted by molar-refractivity contribution is 0.198. The minimum absolute atomic E-state index is 0.292. The van der Waals surface area contributed by atoms with Gasteiger partial charge in [-0.05, 0) is 58.2 Å². The fourth-order valence-corrected chi connectivity index (χ4v) is 2.09. The van der Waals surface area contributed by atoms with Crippen LogP contribution in [0, 0.1) is 5.82 Å². The smallest absolute Gasteiger partial charge is 0.137 e. The van der Waals surface area contributed by atoms with Crippen LogP contribution in [0.3, 0.4) is 0 Å². The normalized spacial score (nSPS) is 12.2. The Balaban J connectivity index is 2.05. The largest absolute Gasteiger partial charge is 0.489 e. The first-order chi connectivity index (χ1) is 9.06. The highest BCUT2D eigenvalue weighted by Gasteiger charge is 2.04. The second kappa shape index (κ2) is 6.17. The van der Waals surface area contributed by atoms with E-state index >= 15 is 0 Å². The second-order valence-electron chi connectivity index (χ2n) is 4.29. The highest BCUT2D eigenvalue weighted by Crippen LogP contribution is 2.21. The monoisotopic (exact) mass is 324 g/mol. The number of hydrogen-bond acceptors (Lipinski definition) is 2. The fraction of sp³-hybridized carbons (Fsp3) is 0.200. The number of benzene rings is 2. The molecular weight excluding hydrogens is 311 g/mol. The predicted octanol–water partition coefficient (Wildman–Crippen LogP) is 4.22. The first kappa shape index (κ1) is 14.0. The second-order valence-corrected chi connectivity index (χ2v) is 5.14. The molecule has 0 bridgehead atoms. The van der Waals surface area contributed by atoms with Crippen LogP contribution >= 0.6 is 15.9 Å². The number of halogens is 2. The summed E-state index contributed by atoms with van der Waals surface area (Å²) in [6.07, 6.45) is -0.525. The summed E-state index contributed by atoms with van der Waals surface area (Å²) in [5, 5.41) is 9.50. The lowest BCUT2D eigenvalue weighted by Crippen LogP contribution is -1.97. The predicted molar refractivity (Wildman–Crippen MR) is 75.5 cm³/mol. The number of ether oxygens (including phenoxy) is 1. The molecule has 2 nitrogen and oxygen atoms in total. The van der Waals surface area contributed by atoms with Crippen LogP contribution in [0.25, 0.3) is 0 Å². The Hall–Kier alpha value is -1.39. The number of rotatable bonds is 4. The van der Waals surface area contributed by atoms with E-state index in [2.05, 4.69) is 15.9 Å². The Labute approximate surface area is 120 Å². The first-order valence-corrected chi connectivity index (χ1v) is 6.70. The van der Waals surface area contributed by atoms with Crippen LogP contribution < -0.4 is 4.74 Å². The molecule has 2 aromatic rings. The van der Waals surface area contributed by atoms with Gasteiger partial charge in [-0.25, -0.2) is 4.39 Å². The summed E-state index contributed by atoms with van der Waals surface area (Å²) >= 11 is 3.14. The van der Waals surface area contributed by atoms with Crippen molar-refractivity contribution >= 4 is 15.9 Å². The summed E-state index contributed by atoms with van der Waals surface area (Å²) in [7, 11) is 0. The van der Waals surface area contributed by atoms with Crippen molar-refractivity contribution < 1.29 is 14.2 Å². The molecule has 0 amide bonds. The van der Waals surface area contributed by atoms with E-state index < -0.39 is 6.10 Å². The minimum atomic E-state index is -0.525. The molecule has 0 radical (unpaired) electrons. The average Bonchev–Trinajstić information content (AvgIpc) is 2.40. The summed E-state index contributed by atoms with van der Waals surface area (Å²) in [5.41, 5.74) is 1.67. The Morgan fingerprint density at radius 2 is 2.05 bits per heavy atom. The van der Waals surface area contributed by atoms with Crippen molar-refractivity contribution in [2.45, 2.75) is 19.6 Å². The molecule has 1 atom stereocenters. The van der Waals surface area contributed by atoms with Crippen molar-refractivity contribution in [1.29, 1.82) is 0 Å². The first-order valence-electron chi connectivity index (χ1n) is 5.91. The Morgan fingerprint density at radius 1 is 1.26 bits per heavy atom. The van der Waals surface area contributed by atoms with Gasteiger partial charge >= 0.3 is 0 Å². The van der Waals surface area contributed by atoms with E-state index in [9.17, 15) is 9.50 Å². The van der Waals surface area contributed by atoms with E-state index in [1.54, 1.807) is 25.1 Å². The number of hydrogen-bond donors (Lipinski definition) is 1. The van der Waals surface area contributed by atoms with Crippen LogP contribution in [0.4, 0.5) is 4.39 Å². The van der Waals surface area contributed by atoms with Crippen molar-refractivity contribution in [2.24, 2.45) is 0 Å². The molecule has 0 aliphatic rings. The van der Waals surface area contributed by atoms with Gasteiger partial charge < -0.3 is 9.84 Å². The van der Waals surface area contributed by atoms with Gasteiger partial charge in [0.2, 0.25) is 0 Å². The van der Waals surface area contributed by atoms with Gasteiger partial charge in [-0.3, -0.25) is 0 Å². The summed E-state index contributed by atoms with van der Waals surface area (Å²) < 4.78 is 19.1. The zero-order chi connectivity index (χ0) is 13.8. The van der Waals surface area contributed by atoms with Crippen molar-refractivity contribution in [1.82, 2.24) is 0 Å². The minimum Gasteiger partial charge on any atom is -0.489 e. The van der Waals surface area contributed by atoms with Crippen LogP contribution in [-0.4, -0.2) is 5.11 Å². The van der Waals surface area contributed by atoms with Gasteiger partial charge in [0.05, 0.1) is 10.6 Å². The molecule has 0 heterocycles. The standard InChI is InChI=1S/C15H14BrFO2/c1-10(18)12-3-2-4-13(8-12)19-9-11-5-6-15(17)14(16)7-11/h2-8,10,18H,9H2,1H3/t10-/m1/s1. The third-order valence-electron chi connectivity index (χ3n) is 2.73. The van der Waals surface area contributed by atoms with Gasteiger partial charge in [-0.15, -0.1) is 0 Å². The van der Waals surface area contributed by atoms with Crippen LogP contribution in [0.2, 0.25) is 0 Å². The van der Waals surface area contributed by atoms with Crippen LogP contribution in [0.5, 0.6) is 5.75 Å². The van der Waals surface area contributed by atoms with Crippen LogP contribution in [0.1, 0.15) is 24.2 Å². The molecule has 0 saturated carbocycles. The average molecular weight is 325 g/mol. The molecule has 4 heteroatoms. The van der Waals surface area contributed by atoms with Gasteiger partial charge in [0.15, 0.2) is 0 Å². The molecule has 2 aromatic carbocycles. The number of aliphatic hydroxyl groups is 1. The molecule has 0 unspecified atom stereocenters. The summed E-state index contributed by atoms with van der Waals surface area (Å²) in [5.74, 6) is 0.388. The zero-order valence-electron chi connectivity index (χ0n) is 10.4. The van der Waals surface area contributed by atoms with Crippen molar-refractivity contribution in [3.05, 3.63) is 63.9 Å². The molecule has 0 aliphatic carbocycles. The van der Waals surface area contributed by atoms with E-state index in [4.69, 9.17) is 4.74 Å². The van der Waals surface area contributed by atoms with E-state index in [-0.39, 0.29) is 5.82 Å². The van der Waals surface area contributed by atoms with E-state index in [1.165, 1.54) is 6.07 Å². The number of aliphatic hydroxyl groups excluding tert-OH is 1. The summed E-state index contributed by atoms with van der Waals surface area (Å²) in [4.78, 5) is 0. The molecule has 0 aliphatic heterocycles. The zero-order valence-corrected chi connectivity index (χ0v) is 12.0. The lowest BCUT2D eigenvalue weighted by atomic mass is 10.1. The molecule has 19 heavy (non-hydrogen) atoms. The molecule has 0 saturated heterocycles. The molecule has 0 spiro atoms. The van der Waals surface area contributed by atoms with E-state index in [0.717, 1.165) is 11.1 Å². The van der Waals surface area contributed by atoms with Crippen molar-refractivity contribution in [3.63, 3.8) is 0 Å².